The maximum atomic E-state index is 5.89. The van der Waals surface area contributed by atoms with Crippen molar-refractivity contribution in [1.82, 2.24) is 15.1 Å². The lowest BCUT2D eigenvalue weighted by Gasteiger charge is -2.03. The predicted octanol–water partition coefficient (Wildman–Crippen LogP) is 3.00. The third kappa shape index (κ3) is 2.16. The molecule has 0 aliphatic heterocycles. The summed E-state index contributed by atoms with van der Waals surface area (Å²) in [5, 5.41) is 5.10. The van der Waals surface area contributed by atoms with Crippen molar-refractivity contribution in [3.8, 4) is 11.5 Å². The summed E-state index contributed by atoms with van der Waals surface area (Å²) in [4.78, 5) is 8.91. The normalized spacial score (nSPS) is 12.8. The van der Waals surface area contributed by atoms with Crippen LogP contribution in [0.1, 0.15) is 30.8 Å². The molecule has 0 bridgehead atoms. The number of hydrogen-bond acceptors (Lipinski definition) is 5. The van der Waals surface area contributed by atoms with Crippen LogP contribution in [0.3, 0.4) is 0 Å². The van der Waals surface area contributed by atoms with Crippen LogP contribution in [0.4, 0.5) is 0 Å². The molecular weight excluding hydrogens is 252 g/mol. The van der Waals surface area contributed by atoms with Gasteiger partial charge in [0, 0.05) is 5.39 Å². The van der Waals surface area contributed by atoms with Crippen molar-refractivity contribution < 1.29 is 4.52 Å². The van der Waals surface area contributed by atoms with Crippen molar-refractivity contribution >= 4 is 10.9 Å². The maximum absolute atomic E-state index is 5.89. The highest BCUT2D eigenvalue weighted by atomic mass is 16.5. The molecule has 0 spiro atoms. The molecule has 0 radical (unpaired) electrons. The molecule has 1 aromatic carbocycles. The summed E-state index contributed by atoms with van der Waals surface area (Å²) in [5.41, 5.74) is 8.66. The fraction of sp³-hybridized carbons (Fsp3) is 0.267. The van der Waals surface area contributed by atoms with Gasteiger partial charge in [-0.3, -0.25) is 0 Å². The summed E-state index contributed by atoms with van der Waals surface area (Å²) in [6.45, 7) is 4.03. The summed E-state index contributed by atoms with van der Waals surface area (Å²) in [6.07, 6.45) is 0.756. The first kappa shape index (κ1) is 12.7. The number of aryl methyl sites for hydroxylation is 1. The molecule has 5 heteroatoms. The quantitative estimate of drug-likeness (QED) is 0.790. The van der Waals surface area contributed by atoms with Gasteiger partial charge in [-0.15, -0.1) is 0 Å². The van der Waals surface area contributed by atoms with Crippen LogP contribution in [0.25, 0.3) is 22.4 Å². The van der Waals surface area contributed by atoms with E-state index in [0.29, 0.717) is 17.4 Å². The molecular formula is C15H16N4O. The van der Waals surface area contributed by atoms with Crippen molar-refractivity contribution in [3.63, 3.8) is 0 Å². The standard InChI is InChI=1S/C15H16N4O/c1-3-11(16)15-18-14(19-20-15)13-8-9(2)10-6-4-5-7-12(10)17-13/h4-8,11H,3,16H2,1-2H3/t11-/m1/s1. The molecule has 0 amide bonds. The van der Waals surface area contributed by atoms with Gasteiger partial charge in [-0.2, -0.15) is 4.98 Å². The Morgan fingerprint density at radius 3 is 2.85 bits per heavy atom. The first-order chi connectivity index (χ1) is 9.69. The Kier molecular flexibility index (Phi) is 3.20. The summed E-state index contributed by atoms with van der Waals surface area (Å²) in [5.74, 6) is 0.938. The van der Waals surface area contributed by atoms with Crippen LogP contribution in [0.5, 0.6) is 0 Å². The number of fused-ring (bicyclic) bond motifs is 1. The number of hydrogen-bond donors (Lipinski definition) is 1. The smallest absolute Gasteiger partial charge is 0.243 e. The lowest BCUT2D eigenvalue weighted by molar-refractivity contribution is 0.352. The number of aromatic nitrogens is 3. The molecule has 2 N–H and O–H groups in total. The van der Waals surface area contributed by atoms with E-state index in [1.165, 1.54) is 0 Å². The van der Waals surface area contributed by atoms with Gasteiger partial charge in [-0.25, -0.2) is 4.98 Å². The van der Waals surface area contributed by atoms with Gasteiger partial charge in [0.25, 0.3) is 0 Å². The Labute approximate surface area is 116 Å². The van der Waals surface area contributed by atoms with Crippen molar-refractivity contribution in [2.24, 2.45) is 5.73 Å². The molecule has 5 nitrogen and oxygen atoms in total. The van der Waals surface area contributed by atoms with Gasteiger partial charge in [0.2, 0.25) is 11.7 Å². The van der Waals surface area contributed by atoms with E-state index in [4.69, 9.17) is 10.3 Å². The Balaban J connectivity index is 2.08. The van der Waals surface area contributed by atoms with Gasteiger partial charge < -0.3 is 10.3 Å². The monoisotopic (exact) mass is 268 g/mol. The van der Waals surface area contributed by atoms with Gasteiger partial charge in [0.1, 0.15) is 5.69 Å². The average molecular weight is 268 g/mol. The van der Waals surface area contributed by atoms with Crippen molar-refractivity contribution in [2.75, 3.05) is 0 Å². The van der Waals surface area contributed by atoms with Crippen molar-refractivity contribution in [3.05, 3.63) is 41.8 Å². The highest BCUT2D eigenvalue weighted by Gasteiger charge is 2.15. The lowest BCUT2D eigenvalue weighted by atomic mass is 10.1. The Hall–Kier alpha value is -2.27. The first-order valence-corrected chi connectivity index (χ1v) is 6.65. The van der Waals surface area contributed by atoms with Crippen molar-refractivity contribution in [1.29, 1.82) is 0 Å². The predicted molar refractivity (Wildman–Crippen MR) is 77.0 cm³/mol. The molecule has 1 atom stereocenters. The van der Waals surface area contributed by atoms with Gasteiger partial charge in [0.15, 0.2) is 0 Å². The highest BCUT2D eigenvalue weighted by molar-refractivity contribution is 5.84. The fourth-order valence-corrected chi connectivity index (χ4v) is 2.13. The van der Waals surface area contributed by atoms with Crippen molar-refractivity contribution in [2.45, 2.75) is 26.3 Å². The Morgan fingerprint density at radius 2 is 2.05 bits per heavy atom. The molecule has 20 heavy (non-hydrogen) atoms. The summed E-state index contributed by atoms with van der Waals surface area (Å²) >= 11 is 0. The number of para-hydroxylation sites is 1. The van der Waals surface area contributed by atoms with E-state index in [-0.39, 0.29) is 6.04 Å². The molecule has 0 saturated carbocycles. The van der Waals surface area contributed by atoms with Gasteiger partial charge in [-0.1, -0.05) is 30.3 Å². The van der Waals surface area contributed by atoms with E-state index in [0.717, 1.165) is 22.9 Å². The minimum atomic E-state index is -0.224. The minimum absolute atomic E-state index is 0.224. The molecule has 102 valence electrons. The molecule has 3 rings (SSSR count). The summed E-state index contributed by atoms with van der Waals surface area (Å²) < 4.78 is 5.20. The van der Waals surface area contributed by atoms with E-state index in [1.54, 1.807) is 0 Å². The molecule has 0 saturated heterocycles. The number of benzene rings is 1. The SMILES string of the molecule is CC[C@@H](N)c1nc(-c2cc(C)c3ccccc3n2)no1. The maximum Gasteiger partial charge on any atom is 0.243 e. The van der Waals surface area contributed by atoms with Crippen LogP contribution in [-0.2, 0) is 0 Å². The summed E-state index contributed by atoms with van der Waals surface area (Å²) in [7, 11) is 0. The molecule has 0 unspecified atom stereocenters. The molecule has 0 fully saturated rings. The van der Waals surface area contributed by atoms with E-state index in [2.05, 4.69) is 21.2 Å². The molecule has 0 aliphatic carbocycles. The average Bonchev–Trinajstić information content (AvgIpc) is 2.96. The summed E-state index contributed by atoms with van der Waals surface area (Å²) in [6, 6.07) is 9.74. The Bertz CT molecular complexity index is 750. The molecule has 2 aromatic heterocycles. The lowest BCUT2D eigenvalue weighted by Crippen LogP contribution is -2.08. The second kappa shape index (κ2) is 5.02. The van der Waals surface area contributed by atoms with Crippen LogP contribution < -0.4 is 5.73 Å². The van der Waals surface area contributed by atoms with Crippen LogP contribution in [0, 0.1) is 6.92 Å². The zero-order chi connectivity index (χ0) is 14.1. The van der Waals surface area contributed by atoms with E-state index in [1.807, 2.05) is 38.1 Å². The highest BCUT2D eigenvalue weighted by Crippen LogP contribution is 2.23. The van der Waals surface area contributed by atoms with Crippen LogP contribution >= 0.6 is 0 Å². The van der Waals surface area contributed by atoms with E-state index in [9.17, 15) is 0 Å². The van der Waals surface area contributed by atoms with E-state index < -0.39 is 0 Å². The zero-order valence-electron chi connectivity index (χ0n) is 11.5. The molecule has 3 aromatic rings. The Morgan fingerprint density at radius 1 is 1.25 bits per heavy atom. The van der Waals surface area contributed by atoms with Gasteiger partial charge in [0.05, 0.1) is 11.6 Å². The topological polar surface area (TPSA) is 77.8 Å². The minimum Gasteiger partial charge on any atom is -0.337 e. The van der Waals surface area contributed by atoms with Crippen LogP contribution in [0.2, 0.25) is 0 Å². The zero-order valence-corrected chi connectivity index (χ0v) is 11.5. The third-order valence-corrected chi connectivity index (χ3v) is 3.35. The number of pyridine rings is 1. The molecule has 2 heterocycles. The number of nitrogens with two attached hydrogens (primary N) is 1. The number of nitrogens with zero attached hydrogens (tertiary/aromatic N) is 3. The largest absolute Gasteiger partial charge is 0.337 e. The second-order valence-corrected chi connectivity index (χ2v) is 4.81. The van der Waals surface area contributed by atoms with E-state index >= 15 is 0 Å². The van der Waals surface area contributed by atoms with Gasteiger partial charge in [-0.05, 0) is 31.0 Å². The fourth-order valence-electron chi connectivity index (χ4n) is 2.13. The van der Waals surface area contributed by atoms with Gasteiger partial charge >= 0.3 is 0 Å². The van der Waals surface area contributed by atoms with Crippen LogP contribution in [-0.4, -0.2) is 15.1 Å². The third-order valence-electron chi connectivity index (χ3n) is 3.35. The second-order valence-electron chi connectivity index (χ2n) is 4.81. The van der Waals surface area contributed by atoms with Crippen LogP contribution in [0.15, 0.2) is 34.9 Å². The number of rotatable bonds is 3. The first-order valence-electron chi connectivity index (χ1n) is 6.65. The molecule has 0 aliphatic rings.